The zero-order valence-corrected chi connectivity index (χ0v) is 11.7. The lowest BCUT2D eigenvalue weighted by Crippen LogP contribution is -2.44. The summed E-state index contributed by atoms with van der Waals surface area (Å²) < 4.78 is 1.82. The van der Waals surface area contributed by atoms with E-state index in [1.54, 1.807) is 0 Å². The van der Waals surface area contributed by atoms with E-state index in [1.165, 1.54) is 0 Å². The molecule has 1 unspecified atom stereocenters. The zero-order valence-electron chi connectivity index (χ0n) is 11.7. The first kappa shape index (κ1) is 12.7. The highest BCUT2D eigenvalue weighted by molar-refractivity contribution is 5.84. The van der Waals surface area contributed by atoms with Crippen molar-refractivity contribution in [3.05, 3.63) is 17.5 Å². The topological polar surface area (TPSA) is 50.2 Å². The Balaban J connectivity index is 1.77. The van der Waals surface area contributed by atoms with Crippen LogP contribution in [-0.2, 0) is 18.4 Å². The molecule has 0 spiro atoms. The largest absolute Gasteiger partial charge is 0.342 e. The van der Waals surface area contributed by atoms with E-state index in [4.69, 9.17) is 0 Å². The molecule has 0 aliphatic carbocycles. The van der Waals surface area contributed by atoms with Gasteiger partial charge in [-0.3, -0.25) is 9.48 Å². The second-order valence-electron chi connectivity index (χ2n) is 5.90. The summed E-state index contributed by atoms with van der Waals surface area (Å²) >= 11 is 0. The van der Waals surface area contributed by atoms with E-state index in [0.29, 0.717) is 0 Å². The van der Waals surface area contributed by atoms with Crippen LogP contribution < -0.4 is 5.32 Å². The average Bonchev–Trinajstić information content (AvgIpc) is 2.78. The van der Waals surface area contributed by atoms with Crippen molar-refractivity contribution in [1.29, 1.82) is 0 Å². The molecule has 1 aromatic heterocycles. The van der Waals surface area contributed by atoms with Gasteiger partial charge in [0.1, 0.15) is 0 Å². The number of carbonyl (C=O) groups excluding carboxylic acids is 1. The maximum Gasteiger partial charge on any atom is 0.233 e. The normalized spacial score (nSPS) is 24.3. The number of nitrogens with zero attached hydrogens (tertiary/aromatic N) is 3. The smallest absolute Gasteiger partial charge is 0.233 e. The lowest BCUT2D eigenvalue weighted by Gasteiger charge is -2.34. The van der Waals surface area contributed by atoms with Crippen molar-refractivity contribution in [3.8, 4) is 0 Å². The second-order valence-corrected chi connectivity index (χ2v) is 5.90. The summed E-state index contributed by atoms with van der Waals surface area (Å²) in [4.78, 5) is 14.7. The Morgan fingerprint density at radius 3 is 2.89 bits per heavy atom. The van der Waals surface area contributed by atoms with Crippen LogP contribution >= 0.6 is 0 Å². The van der Waals surface area contributed by atoms with E-state index < -0.39 is 0 Å². The fraction of sp³-hybridized carbons (Fsp3) is 0.714. The van der Waals surface area contributed by atoms with Gasteiger partial charge in [-0.15, -0.1) is 0 Å². The molecule has 0 radical (unpaired) electrons. The van der Waals surface area contributed by atoms with Crippen LogP contribution in [0.25, 0.3) is 0 Å². The number of amides is 1. The molecule has 1 saturated heterocycles. The summed E-state index contributed by atoms with van der Waals surface area (Å²) in [5.41, 5.74) is 2.14. The quantitative estimate of drug-likeness (QED) is 0.817. The number of hydrogen-bond acceptors (Lipinski definition) is 3. The number of aromatic nitrogens is 2. The van der Waals surface area contributed by atoms with Gasteiger partial charge in [0.2, 0.25) is 5.91 Å². The lowest BCUT2D eigenvalue weighted by atomic mass is 9.94. The lowest BCUT2D eigenvalue weighted by molar-refractivity contribution is -0.134. The monoisotopic (exact) mass is 262 g/mol. The molecule has 0 bridgehead atoms. The summed E-state index contributed by atoms with van der Waals surface area (Å²) in [6, 6.07) is 0. The minimum absolute atomic E-state index is 0.0987. The number of likely N-dealkylation sites (tertiary alicyclic amines) is 1. The van der Waals surface area contributed by atoms with Crippen LogP contribution in [0.1, 0.15) is 36.9 Å². The van der Waals surface area contributed by atoms with Crippen LogP contribution in [0.5, 0.6) is 0 Å². The predicted molar refractivity (Wildman–Crippen MR) is 72.6 cm³/mol. The molecule has 2 aliphatic rings. The predicted octanol–water partition coefficient (Wildman–Crippen LogP) is 0.865. The maximum absolute atomic E-state index is 12.7. The van der Waals surface area contributed by atoms with Gasteiger partial charge in [-0.2, -0.15) is 5.10 Å². The third kappa shape index (κ3) is 2.39. The van der Waals surface area contributed by atoms with E-state index in [1.807, 2.05) is 22.8 Å². The zero-order chi connectivity index (χ0) is 13.4. The molecule has 0 aromatic carbocycles. The van der Waals surface area contributed by atoms with E-state index >= 15 is 0 Å². The summed E-state index contributed by atoms with van der Waals surface area (Å²) in [6.45, 7) is 5.61. The molecule has 104 valence electrons. The van der Waals surface area contributed by atoms with E-state index in [-0.39, 0.29) is 11.8 Å². The Bertz CT molecular complexity index is 474. The highest BCUT2D eigenvalue weighted by Gasteiger charge is 2.33. The average molecular weight is 262 g/mol. The molecule has 1 atom stereocenters. The highest BCUT2D eigenvalue weighted by atomic mass is 16.2. The standard InChI is InChI=1S/C14H22N4O/c1-10-3-5-18(6-4-10)14(19)12-8-15-7-11-9-17(2)16-13(11)12/h9-10,12,15H,3-8H2,1-2H3. The van der Waals surface area contributed by atoms with Crippen LogP contribution in [-0.4, -0.2) is 40.2 Å². The van der Waals surface area contributed by atoms with Gasteiger partial charge in [0, 0.05) is 45.0 Å². The molecular formula is C14H22N4O. The number of rotatable bonds is 1. The molecule has 0 saturated carbocycles. The first-order valence-corrected chi connectivity index (χ1v) is 7.17. The number of nitrogens with one attached hydrogen (secondary N) is 1. The fourth-order valence-corrected chi connectivity index (χ4v) is 3.09. The maximum atomic E-state index is 12.7. The molecule has 5 heteroatoms. The minimum Gasteiger partial charge on any atom is -0.342 e. The number of piperidine rings is 1. The van der Waals surface area contributed by atoms with Gasteiger partial charge in [-0.1, -0.05) is 6.92 Å². The van der Waals surface area contributed by atoms with Crippen molar-refractivity contribution < 1.29 is 4.79 Å². The Hall–Kier alpha value is -1.36. The van der Waals surface area contributed by atoms with Gasteiger partial charge in [0.05, 0.1) is 11.6 Å². The van der Waals surface area contributed by atoms with Gasteiger partial charge in [0.15, 0.2) is 0 Å². The number of fused-ring (bicyclic) bond motifs is 1. The third-order valence-electron chi connectivity index (χ3n) is 4.32. The second kappa shape index (κ2) is 4.96. The summed E-state index contributed by atoms with van der Waals surface area (Å²) in [6.07, 6.45) is 4.27. The molecule has 19 heavy (non-hydrogen) atoms. The summed E-state index contributed by atoms with van der Waals surface area (Å²) in [5, 5.41) is 7.82. The number of carbonyl (C=O) groups is 1. The van der Waals surface area contributed by atoms with Gasteiger partial charge >= 0.3 is 0 Å². The minimum atomic E-state index is -0.0987. The van der Waals surface area contributed by atoms with Crippen LogP contribution in [0.4, 0.5) is 0 Å². The highest BCUT2D eigenvalue weighted by Crippen LogP contribution is 2.26. The molecule has 2 aliphatic heterocycles. The Kier molecular flexibility index (Phi) is 3.31. The SMILES string of the molecule is CC1CCN(C(=O)C2CNCc3cn(C)nc32)CC1. The molecule has 1 aromatic rings. The molecule has 1 N–H and O–H groups in total. The van der Waals surface area contributed by atoms with Gasteiger partial charge in [0.25, 0.3) is 0 Å². The van der Waals surface area contributed by atoms with Crippen molar-refractivity contribution in [2.45, 2.75) is 32.2 Å². The Labute approximate surface area is 114 Å². The van der Waals surface area contributed by atoms with Crippen LogP contribution in [0.15, 0.2) is 6.20 Å². The molecule has 3 heterocycles. The van der Waals surface area contributed by atoms with Gasteiger partial charge in [-0.25, -0.2) is 0 Å². The fourth-order valence-electron chi connectivity index (χ4n) is 3.09. The van der Waals surface area contributed by atoms with Crippen LogP contribution in [0, 0.1) is 5.92 Å². The third-order valence-corrected chi connectivity index (χ3v) is 4.32. The summed E-state index contributed by atoms with van der Waals surface area (Å²) in [5.74, 6) is 0.899. The molecule has 5 nitrogen and oxygen atoms in total. The molecular weight excluding hydrogens is 240 g/mol. The van der Waals surface area contributed by atoms with Crippen molar-refractivity contribution >= 4 is 5.91 Å². The molecule has 1 amide bonds. The van der Waals surface area contributed by atoms with Gasteiger partial charge < -0.3 is 10.2 Å². The Morgan fingerprint density at radius 2 is 2.16 bits per heavy atom. The molecule has 1 fully saturated rings. The van der Waals surface area contributed by atoms with Crippen molar-refractivity contribution in [2.75, 3.05) is 19.6 Å². The number of aryl methyl sites for hydroxylation is 1. The first-order chi connectivity index (χ1) is 9.15. The van der Waals surface area contributed by atoms with Crippen molar-refractivity contribution in [2.24, 2.45) is 13.0 Å². The summed E-state index contributed by atoms with van der Waals surface area (Å²) in [7, 11) is 1.92. The van der Waals surface area contributed by atoms with Crippen molar-refractivity contribution in [1.82, 2.24) is 20.0 Å². The Morgan fingerprint density at radius 1 is 1.42 bits per heavy atom. The van der Waals surface area contributed by atoms with E-state index in [2.05, 4.69) is 17.3 Å². The van der Waals surface area contributed by atoms with Crippen LogP contribution in [0.3, 0.4) is 0 Å². The van der Waals surface area contributed by atoms with Gasteiger partial charge in [-0.05, 0) is 18.8 Å². The van der Waals surface area contributed by atoms with E-state index in [0.717, 1.165) is 56.2 Å². The van der Waals surface area contributed by atoms with Crippen molar-refractivity contribution in [3.63, 3.8) is 0 Å². The molecule has 3 rings (SSSR count). The van der Waals surface area contributed by atoms with Crippen LogP contribution in [0.2, 0.25) is 0 Å². The first-order valence-electron chi connectivity index (χ1n) is 7.17. The van der Waals surface area contributed by atoms with E-state index in [9.17, 15) is 4.79 Å². The number of hydrogen-bond donors (Lipinski definition) is 1.